The van der Waals surface area contributed by atoms with Gasteiger partial charge in [-0.3, -0.25) is 0 Å². The first-order chi connectivity index (χ1) is 9.27. The van der Waals surface area contributed by atoms with Crippen LogP contribution in [-0.2, 0) is 0 Å². The van der Waals surface area contributed by atoms with Gasteiger partial charge in [0, 0.05) is 10.8 Å². The Hall–Kier alpha value is -1.96. The van der Waals surface area contributed by atoms with E-state index in [-0.39, 0.29) is 5.75 Å². The molecule has 19 heavy (non-hydrogen) atoms. The van der Waals surface area contributed by atoms with Crippen molar-refractivity contribution in [2.24, 2.45) is 0 Å². The third-order valence-corrected chi connectivity index (χ3v) is 2.70. The third kappa shape index (κ3) is 2.73. The van der Waals surface area contributed by atoms with Crippen molar-refractivity contribution in [3.8, 4) is 5.75 Å². The maximum atomic E-state index is 9.67. The molecule has 0 saturated heterocycles. The fourth-order valence-corrected chi connectivity index (χ4v) is 1.95. The van der Waals surface area contributed by atoms with Gasteiger partial charge in [-0.15, -0.1) is 0 Å². The van der Waals surface area contributed by atoms with Gasteiger partial charge in [-0.05, 0) is 18.6 Å². The van der Waals surface area contributed by atoms with Crippen LogP contribution in [0.4, 0.5) is 0 Å². The smallest absolute Gasteiger partial charge is 0.177 e. The van der Waals surface area contributed by atoms with E-state index in [9.17, 15) is 5.11 Å². The second-order valence-corrected chi connectivity index (χ2v) is 3.71. The molecule has 0 bridgehead atoms. The summed E-state index contributed by atoms with van der Waals surface area (Å²) in [4.78, 5) is 0. The largest absolute Gasteiger partial charge is 0.504 e. The summed E-state index contributed by atoms with van der Waals surface area (Å²) in [5, 5.41) is 11.7. The van der Waals surface area contributed by atoms with Gasteiger partial charge in [0.05, 0.1) is 0 Å². The minimum absolute atomic E-state index is 0.197. The Morgan fingerprint density at radius 1 is 0.789 bits per heavy atom. The molecule has 0 spiro atoms. The van der Waals surface area contributed by atoms with Crippen molar-refractivity contribution >= 4 is 21.9 Å². The lowest BCUT2D eigenvalue weighted by Gasteiger charge is -1.91. The molecule has 2 heteroatoms. The van der Waals surface area contributed by atoms with E-state index in [1.165, 1.54) is 0 Å². The minimum Gasteiger partial charge on any atom is -0.504 e. The molecular weight excluding hydrogens is 236 g/mol. The number of furan rings is 1. The van der Waals surface area contributed by atoms with E-state index in [1.807, 2.05) is 65.0 Å². The molecule has 0 saturated carbocycles. The van der Waals surface area contributed by atoms with Crippen LogP contribution in [0.1, 0.15) is 33.3 Å². The number of phenols is 1. The first-order valence-electron chi connectivity index (χ1n) is 6.87. The summed E-state index contributed by atoms with van der Waals surface area (Å²) < 4.78 is 5.66. The van der Waals surface area contributed by atoms with Gasteiger partial charge in [0.15, 0.2) is 11.3 Å². The number of hydrogen-bond acceptors (Lipinski definition) is 2. The predicted octanol–water partition coefficient (Wildman–Crippen LogP) is 5.65. The highest BCUT2D eigenvalue weighted by atomic mass is 16.4. The van der Waals surface area contributed by atoms with Gasteiger partial charge in [-0.1, -0.05) is 58.0 Å². The lowest BCUT2D eigenvalue weighted by Crippen LogP contribution is -1.70. The van der Waals surface area contributed by atoms with Crippen LogP contribution in [0.3, 0.4) is 0 Å². The summed E-state index contributed by atoms with van der Waals surface area (Å²) >= 11 is 0. The first kappa shape index (κ1) is 15.1. The predicted molar refractivity (Wildman–Crippen MR) is 82.8 cm³/mol. The van der Waals surface area contributed by atoms with Crippen LogP contribution in [0.15, 0.2) is 40.8 Å². The number of phenolic OH excluding ortho intramolecular Hbond substituents is 1. The molecule has 0 aliphatic rings. The zero-order valence-electron chi connectivity index (χ0n) is 12.3. The number of aryl methyl sites for hydroxylation is 1. The average Bonchev–Trinajstić information content (AvgIpc) is 2.85. The van der Waals surface area contributed by atoms with Crippen molar-refractivity contribution in [3.05, 3.63) is 42.0 Å². The van der Waals surface area contributed by atoms with Crippen molar-refractivity contribution < 1.29 is 9.52 Å². The van der Waals surface area contributed by atoms with Crippen LogP contribution >= 0.6 is 0 Å². The highest BCUT2D eigenvalue weighted by Gasteiger charge is 2.10. The van der Waals surface area contributed by atoms with E-state index >= 15 is 0 Å². The van der Waals surface area contributed by atoms with Crippen molar-refractivity contribution in [2.75, 3.05) is 0 Å². The van der Waals surface area contributed by atoms with Crippen LogP contribution in [0.2, 0.25) is 0 Å². The van der Waals surface area contributed by atoms with Gasteiger partial charge in [0.25, 0.3) is 0 Å². The maximum absolute atomic E-state index is 9.67. The van der Waals surface area contributed by atoms with Gasteiger partial charge in [0.1, 0.15) is 5.58 Å². The van der Waals surface area contributed by atoms with Gasteiger partial charge in [-0.2, -0.15) is 0 Å². The highest BCUT2D eigenvalue weighted by Crippen LogP contribution is 2.34. The molecule has 0 fully saturated rings. The van der Waals surface area contributed by atoms with E-state index in [2.05, 4.69) is 0 Å². The Morgan fingerprint density at radius 3 is 1.95 bits per heavy atom. The summed E-state index contributed by atoms with van der Waals surface area (Å²) in [7, 11) is 0. The molecule has 0 aliphatic heterocycles. The van der Waals surface area contributed by atoms with Crippen LogP contribution in [-0.4, -0.2) is 5.11 Å². The number of rotatable bonds is 0. The lowest BCUT2D eigenvalue weighted by molar-refractivity contribution is 0.468. The maximum Gasteiger partial charge on any atom is 0.177 e. The zero-order valence-corrected chi connectivity index (χ0v) is 12.3. The molecule has 0 atom stereocenters. The van der Waals surface area contributed by atoms with E-state index in [0.29, 0.717) is 5.58 Å². The highest BCUT2D eigenvalue weighted by molar-refractivity contribution is 6.07. The molecule has 3 aromatic rings. The molecule has 0 aliphatic carbocycles. The molecule has 102 valence electrons. The van der Waals surface area contributed by atoms with Gasteiger partial charge < -0.3 is 9.52 Å². The summed E-state index contributed by atoms with van der Waals surface area (Å²) in [5.41, 5.74) is 2.51. The number of benzene rings is 2. The quantitative estimate of drug-likeness (QED) is 0.565. The Kier molecular flexibility index (Phi) is 5.43. The summed E-state index contributed by atoms with van der Waals surface area (Å²) in [6, 6.07) is 11.4. The van der Waals surface area contributed by atoms with E-state index in [1.54, 1.807) is 6.07 Å². The molecule has 0 unspecified atom stereocenters. The molecule has 1 N–H and O–H groups in total. The molecule has 0 amide bonds. The van der Waals surface area contributed by atoms with Crippen molar-refractivity contribution in [3.63, 3.8) is 0 Å². The molecule has 0 radical (unpaired) electrons. The van der Waals surface area contributed by atoms with E-state index < -0.39 is 0 Å². The average molecular weight is 258 g/mol. The van der Waals surface area contributed by atoms with Crippen molar-refractivity contribution in [1.82, 2.24) is 0 Å². The SMILES string of the molecule is CC.CC.Cc1cccc2c1oc1c(O)cccc12. The molecule has 3 rings (SSSR count). The topological polar surface area (TPSA) is 33.4 Å². The molecule has 1 heterocycles. The monoisotopic (exact) mass is 258 g/mol. The van der Waals surface area contributed by atoms with Crippen LogP contribution in [0.25, 0.3) is 21.9 Å². The number of aromatic hydroxyl groups is 1. The Morgan fingerprint density at radius 2 is 1.32 bits per heavy atom. The van der Waals surface area contributed by atoms with Crippen molar-refractivity contribution in [1.29, 1.82) is 0 Å². The molecule has 2 nitrogen and oxygen atoms in total. The Balaban J connectivity index is 0.000000415. The van der Waals surface area contributed by atoms with Crippen LogP contribution in [0.5, 0.6) is 5.75 Å². The Labute approximate surface area is 114 Å². The standard InChI is InChI=1S/C13H10O2.2C2H6/c1-8-4-2-5-9-10-6-3-7-11(14)13(10)15-12(8)9;2*1-2/h2-7,14H,1H3;2*1-2H3. The number of fused-ring (bicyclic) bond motifs is 3. The fourth-order valence-electron chi connectivity index (χ4n) is 1.95. The second kappa shape index (κ2) is 6.83. The van der Waals surface area contributed by atoms with Gasteiger partial charge in [-0.25, -0.2) is 0 Å². The van der Waals surface area contributed by atoms with Gasteiger partial charge in [0.2, 0.25) is 0 Å². The van der Waals surface area contributed by atoms with E-state index in [0.717, 1.165) is 21.9 Å². The second-order valence-electron chi connectivity index (χ2n) is 3.71. The van der Waals surface area contributed by atoms with Gasteiger partial charge >= 0.3 is 0 Å². The molecule has 1 aromatic heterocycles. The van der Waals surface area contributed by atoms with Crippen molar-refractivity contribution in [2.45, 2.75) is 34.6 Å². The normalized spacial score (nSPS) is 9.53. The summed E-state index contributed by atoms with van der Waals surface area (Å²) in [5.74, 6) is 0.197. The minimum atomic E-state index is 0.197. The third-order valence-electron chi connectivity index (χ3n) is 2.70. The first-order valence-corrected chi connectivity index (χ1v) is 6.87. The van der Waals surface area contributed by atoms with Crippen LogP contribution in [0, 0.1) is 6.92 Å². The van der Waals surface area contributed by atoms with Crippen LogP contribution < -0.4 is 0 Å². The summed E-state index contributed by atoms with van der Waals surface area (Å²) in [6.07, 6.45) is 0. The molecule has 2 aromatic carbocycles. The summed E-state index contributed by atoms with van der Waals surface area (Å²) in [6.45, 7) is 10.0. The Bertz CT molecular complexity index is 594. The van der Waals surface area contributed by atoms with E-state index in [4.69, 9.17) is 4.42 Å². The zero-order chi connectivity index (χ0) is 14.4. The number of hydrogen-bond donors (Lipinski definition) is 1. The fraction of sp³-hybridized carbons (Fsp3) is 0.294. The number of para-hydroxylation sites is 2. The molecular formula is C17H22O2. The lowest BCUT2D eigenvalue weighted by atomic mass is 10.1.